The van der Waals surface area contributed by atoms with Crippen LogP contribution < -0.4 is 24.0 Å². The molecule has 4 aromatic heterocycles. The van der Waals surface area contributed by atoms with Gasteiger partial charge in [-0.1, -0.05) is 0 Å². The van der Waals surface area contributed by atoms with Crippen LogP contribution in [0.4, 0.5) is 17.5 Å². The first-order chi connectivity index (χ1) is 25.6. The molecule has 6 heterocycles. The van der Waals surface area contributed by atoms with Crippen LogP contribution in [0.25, 0.3) is 10.9 Å². The average molecular weight is 750 g/mol. The number of hydrogen-bond acceptors (Lipinski definition) is 14. The molecule has 0 aromatic carbocycles. The summed E-state index contributed by atoms with van der Waals surface area (Å²) in [7, 11) is 0.372. The van der Waals surface area contributed by atoms with Crippen molar-refractivity contribution in [1.29, 1.82) is 0 Å². The molecule has 1 N–H and O–H groups in total. The van der Waals surface area contributed by atoms with Gasteiger partial charge in [0.15, 0.2) is 5.75 Å². The fourth-order valence-corrected chi connectivity index (χ4v) is 7.84. The van der Waals surface area contributed by atoms with Crippen molar-refractivity contribution in [3.05, 3.63) is 48.4 Å². The van der Waals surface area contributed by atoms with E-state index in [1.165, 1.54) is 10.6 Å². The van der Waals surface area contributed by atoms with Gasteiger partial charge in [-0.2, -0.15) is 4.98 Å². The van der Waals surface area contributed by atoms with E-state index >= 15 is 0 Å². The van der Waals surface area contributed by atoms with E-state index in [1.807, 2.05) is 30.7 Å². The number of nitrogens with one attached hydrogen (secondary N) is 1. The topological polar surface area (TPSA) is 156 Å². The van der Waals surface area contributed by atoms with E-state index in [0.29, 0.717) is 67.1 Å². The van der Waals surface area contributed by atoms with Crippen molar-refractivity contribution in [2.24, 2.45) is 7.05 Å². The smallest absolute Gasteiger partial charge is 0.232 e. The number of sulfonamides is 1. The minimum atomic E-state index is -3.66. The number of morpholine rings is 1. The van der Waals surface area contributed by atoms with Crippen LogP contribution in [-0.2, 0) is 28.4 Å². The number of pyridine rings is 2. The molecule has 0 radical (unpaired) electrons. The van der Waals surface area contributed by atoms with Crippen LogP contribution in [-0.4, -0.2) is 139 Å². The molecule has 1 saturated carbocycles. The highest BCUT2D eigenvalue weighted by Gasteiger charge is 2.27. The summed E-state index contributed by atoms with van der Waals surface area (Å²) in [6.45, 7) is 10.5. The molecule has 3 fully saturated rings. The zero-order valence-electron chi connectivity index (χ0n) is 31.1. The van der Waals surface area contributed by atoms with Crippen LogP contribution in [0.3, 0.4) is 0 Å². The van der Waals surface area contributed by atoms with Gasteiger partial charge in [-0.3, -0.25) is 14.2 Å². The summed E-state index contributed by atoms with van der Waals surface area (Å²) in [5.41, 5.74) is 1.88. The van der Waals surface area contributed by atoms with Crippen LogP contribution in [0.1, 0.15) is 37.2 Å². The van der Waals surface area contributed by atoms with Crippen LogP contribution in [0.5, 0.6) is 11.6 Å². The molecular weight excluding hydrogens is 699 g/mol. The van der Waals surface area contributed by atoms with Gasteiger partial charge < -0.3 is 33.9 Å². The first kappa shape index (κ1) is 37.0. The number of anilines is 3. The largest absolute Gasteiger partial charge is 0.489 e. The number of rotatable bonds is 13. The number of ether oxygens (including phenoxy) is 3. The fourth-order valence-electron chi connectivity index (χ4n) is 6.99. The quantitative estimate of drug-likeness (QED) is 0.213. The van der Waals surface area contributed by atoms with Crippen molar-refractivity contribution in [1.82, 2.24) is 39.3 Å². The molecule has 16 nitrogen and oxygen atoms in total. The predicted octanol–water partition coefficient (Wildman–Crippen LogP) is 2.69. The molecule has 0 spiro atoms. The molecule has 2 aliphatic heterocycles. The standard InChI is InChI=1S/C36H51N11O5S/c1-26-37-22-29(44(26)3)25-47(53(4,48)49)28-19-32-33(38-21-28)20-34(46-14-16-50-17-15-46)42-35(32)52-30-7-5-27(6-8-30)41-36-39-23-31(24-40-36)51-18-13-45-11-9-43(2)10-12-45/h19-24,27,30H,5-18,25H2,1-4H3,(H,39,40,41). The Morgan fingerprint density at radius 1 is 0.925 bits per heavy atom. The fraction of sp³-hybridized carbons (Fsp3) is 0.583. The molecule has 1 aliphatic carbocycles. The Morgan fingerprint density at radius 3 is 2.34 bits per heavy atom. The molecule has 53 heavy (non-hydrogen) atoms. The highest BCUT2D eigenvalue weighted by molar-refractivity contribution is 7.92. The summed E-state index contributed by atoms with van der Waals surface area (Å²) >= 11 is 0. The summed E-state index contributed by atoms with van der Waals surface area (Å²) in [6.07, 6.45) is 11.2. The minimum Gasteiger partial charge on any atom is -0.489 e. The molecule has 4 aromatic rings. The summed E-state index contributed by atoms with van der Waals surface area (Å²) in [6, 6.07) is 3.97. The van der Waals surface area contributed by atoms with Crippen LogP contribution in [0, 0.1) is 6.92 Å². The second kappa shape index (κ2) is 16.4. The summed E-state index contributed by atoms with van der Waals surface area (Å²) in [4.78, 5) is 30.1. The Bertz CT molecular complexity index is 1940. The molecule has 0 unspecified atom stereocenters. The molecule has 17 heteroatoms. The third-order valence-corrected chi connectivity index (χ3v) is 11.6. The van der Waals surface area contributed by atoms with E-state index in [0.717, 1.165) is 75.7 Å². The lowest BCUT2D eigenvalue weighted by Gasteiger charge is -2.32. The number of nitrogens with zero attached hydrogens (tertiary/aromatic N) is 10. The number of likely N-dealkylation sites (N-methyl/N-ethyl adjacent to an activating group) is 1. The predicted molar refractivity (Wildman–Crippen MR) is 203 cm³/mol. The first-order valence-corrected chi connectivity index (χ1v) is 20.3. The number of imidazole rings is 1. The highest BCUT2D eigenvalue weighted by atomic mass is 32.2. The number of piperazine rings is 1. The lowest BCUT2D eigenvalue weighted by atomic mass is 9.93. The number of hydrogen-bond donors (Lipinski definition) is 1. The van der Waals surface area contributed by atoms with E-state index in [-0.39, 0.29) is 18.7 Å². The van der Waals surface area contributed by atoms with Crippen LogP contribution >= 0.6 is 0 Å². The molecular formula is C36H51N11O5S. The Labute approximate surface area is 311 Å². The van der Waals surface area contributed by atoms with Crippen molar-refractivity contribution >= 4 is 38.4 Å². The highest BCUT2D eigenvalue weighted by Crippen LogP contribution is 2.34. The van der Waals surface area contributed by atoms with Gasteiger partial charge >= 0.3 is 0 Å². The maximum atomic E-state index is 13.1. The van der Waals surface area contributed by atoms with Crippen molar-refractivity contribution < 1.29 is 22.6 Å². The number of aromatic nitrogens is 6. The van der Waals surface area contributed by atoms with E-state index < -0.39 is 10.0 Å². The van der Waals surface area contributed by atoms with E-state index in [4.69, 9.17) is 24.2 Å². The van der Waals surface area contributed by atoms with Crippen LogP contribution in [0.15, 0.2) is 36.9 Å². The zero-order chi connectivity index (χ0) is 37.0. The third kappa shape index (κ3) is 9.26. The van der Waals surface area contributed by atoms with Crippen molar-refractivity contribution in [2.75, 3.05) is 93.5 Å². The van der Waals surface area contributed by atoms with Gasteiger partial charge in [0.1, 0.15) is 24.4 Å². The normalized spacial score (nSPS) is 20.4. The van der Waals surface area contributed by atoms with Gasteiger partial charge in [0.05, 0.1) is 73.1 Å². The maximum absolute atomic E-state index is 13.1. The molecule has 286 valence electrons. The third-order valence-electron chi connectivity index (χ3n) is 10.4. The van der Waals surface area contributed by atoms with E-state index in [2.05, 4.69) is 42.0 Å². The van der Waals surface area contributed by atoms with Gasteiger partial charge in [-0.15, -0.1) is 0 Å². The molecule has 0 amide bonds. The van der Waals surface area contributed by atoms with E-state index in [1.54, 1.807) is 24.8 Å². The van der Waals surface area contributed by atoms with Gasteiger partial charge in [-0.25, -0.2) is 23.4 Å². The lowest BCUT2D eigenvalue weighted by Crippen LogP contribution is -2.45. The van der Waals surface area contributed by atoms with Gasteiger partial charge in [0.2, 0.25) is 21.9 Å². The summed E-state index contributed by atoms with van der Waals surface area (Å²) < 4.78 is 47.7. The summed E-state index contributed by atoms with van der Waals surface area (Å²) in [5.74, 6) is 3.27. The molecule has 2 saturated heterocycles. The Balaban J connectivity index is 1.02. The van der Waals surface area contributed by atoms with E-state index in [9.17, 15) is 8.42 Å². The monoisotopic (exact) mass is 749 g/mol. The van der Waals surface area contributed by atoms with Gasteiger partial charge in [0.25, 0.3) is 0 Å². The molecule has 7 rings (SSSR count). The maximum Gasteiger partial charge on any atom is 0.232 e. The van der Waals surface area contributed by atoms with Crippen molar-refractivity contribution in [2.45, 2.75) is 51.3 Å². The zero-order valence-corrected chi connectivity index (χ0v) is 32.0. The second-order valence-corrected chi connectivity index (χ2v) is 16.1. The number of aryl methyl sites for hydroxylation is 1. The molecule has 0 bridgehead atoms. The van der Waals surface area contributed by atoms with Gasteiger partial charge in [0, 0.05) is 65.0 Å². The van der Waals surface area contributed by atoms with Crippen molar-refractivity contribution in [3.8, 4) is 11.6 Å². The SMILES string of the molecule is Cc1ncc(CN(c2cnc3cc(N4CCOCC4)nc(OC4CCC(Nc5ncc(OCCN6CCN(C)CC6)cn5)CC4)c3c2)S(C)(=O)=O)n1C. The second-order valence-electron chi connectivity index (χ2n) is 14.2. The lowest BCUT2D eigenvalue weighted by molar-refractivity contribution is 0.122. The van der Waals surface area contributed by atoms with Gasteiger partial charge in [-0.05, 0) is 45.7 Å². The average Bonchev–Trinajstić information content (AvgIpc) is 3.48. The minimum absolute atomic E-state index is 0.0761. The Morgan fingerprint density at radius 2 is 1.66 bits per heavy atom. The Kier molecular flexibility index (Phi) is 11.4. The molecule has 0 atom stereocenters. The van der Waals surface area contributed by atoms with Crippen LogP contribution in [0.2, 0.25) is 0 Å². The Hall–Kier alpha value is -4.32. The summed E-state index contributed by atoms with van der Waals surface area (Å²) in [5, 5.41) is 4.15. The number of fused-ring (bicyclic) bond motifs is 1. The molecule has 3 aliphatic rings. The first-order valence-electron chi connectivity index (χ1n) is 18.5. The van der Waals surface area contributed by atoms with Crippen molar-refractivity contribution in [3.63, 3.8) is 0 Å².